The van der Waals surface area contributed by atoms with E-state index in [2.05, 4.69) is 17.9 Å². The first kappa shape index (κ1) is 18.1. The molecule has 1 rings (SSSR count). The van der Waals surface area contributed by atoms with Gasteiger partial charge in [0.05, 0.1) is 18.2 Å². The monoisotopic (exact) mass is 325 g/mol. The zero-order valence-electron chi connectivity index (χ0n) is 11.2. The summed E-state index contributed by atoms with van der Waals surface area (Å²) in [6.07, 6.45) is -6.79. The topological polar surface area (TPSA) is 157 Å². The van der Waals surface area contributed by atoms with Crippen LogP contribution in [0.1, 0.15) is 13.3 Å². The number of thiol groups is 1. The van der Waals surface area contributed by atoms with Gasteiger partial charge in [0.25, 0.3) is 5.79 Å². The maximum Gasteiger partial charge on any atom is 0.364 e. The molecular weight excluding hydrogens is 306 g/mol. The first-order chi connectivity index (χ1) is 9.62. The number of carbonyl (C=O) groups excluding carboxylic acids is 1. The van der Waals surface area contributed by atoms with Crippen LogP contribution in [0.2, 0.25) is 0 Å². The highest BCUT2D eigenvalue weighted by molar-refractivity contribution is 7.80. The second kappa shape index (κ2) is 6.90. The van der Waals surface area contributed by atoms with Gasteiger partial charge in [0, 0.05) is 19.1 Å². The number of carbonyl (C=O) groups is 2. The fraction of sp³-hybridized carbons (Fsp3) is 0.818. The number of ether oxygens (including phenoxy) is 1. The molecule has 0 aromatic carbocycles. The molecule has 0 saturated carbocycles. The van der Waals surface area contributed by atoms with Gasteiger partial charge >= 0.3 is 5.97 Å². The van der Waals surface area contributed by atoms with E-state index in [1.807, 2.05) is 0 Å². The van der Waals surface area contributed by atoms with Gasteiger partial charge in [-0.1, -0.05) is 0 Å². The summed E-state index contributed by atoms with van der Waals surface area (Å²) in [6.45, 7) is 1.16. The van der Waals surface area contributed by atoms with Crippen molar-refractivity contribution in [2.24, 2.45) is 0 Å². The average Bonchev–Trinajstić information content (AvgIpc) is 2.39. The van der Waals surface area contributed by atoms with E-state index >= 15 is 0 Å². The molecule has 0 radical (unpaired) electrons. The van der Waals surface area contributed by atoms with Gasteiger partial charge < -0.3 is 35.6 Å². The van der Waals surface area contributed by atoms with Gasteiger partial charge in [0.15, 0.2) is 0 Å². The molecule has 1 unspecified atom stereocenters. The Labute approximate surface area is 125 Å². The van der Waals surface area contributed by atoms with Crippen LogP contribution in [0.3, 0.4) is 0 Å². The number of aliphatic hydroxyl groups is 4. The lowest BCUT2D eigenvalue weighted by atomic mass is 9.89. The highest BCUT2D eigenvalue weighted by Gasteiger charge is 2.53. The van der Waals surface area contributed by atoms with Crippen molar-refractivity contribution in [1.82, 2.24) is 5.32 Å². The number of carboxylic acid groups (broad SMARTS) is 1. The number of hydrogen-bond acceptors (Lipinski definition) is 8. The van der Waals surface area contributed by atoms with E-state index in [0.717, 1.165) is 6.92 Å². The maximum atomic E-state index is 11.1. The lowest BCUT2D eigenvalue weighted by molar-refractivity contribution is -0.293. The van der Waals surface area contributed by atoms with Gasteiger partial charge in [-0.2, -0.15) is 12.6 Å². The van der Waals surface area contributed by atoms with E-state index in [1.54, 1.807) is 0 Å². The normalized spacial score (nSPS) is 35.8. The maximum absolute atomic E-state index is 11.1. The van der Waals surface area contributed by atoms with Crippen molar-refractivity contribution in [3.05, 3.63) is 0 Å². The average molecular weight is 325 g/mol. The van der Waals surface area contributed by atoms with E-state index in [0.29, 0.717) is 0 Å². The van der Waals surface area contributed by atoms with Crippen LogP contribution >= 0.6 is 12.6 Å². The van der Waals surface area contributed by atoms with Gasteiger partial charge in [-0.25, -0.2) is 4.79 Å². The zero-order valence-corrected chi connectivity index (χ0v) is 12.1. The van der Waals surface area contributed by atoms with E-state index in [1.165, 1.54) is 0 Å². The van der Waals surface area contributed by atoms with Gasteiger partial charge in [0.1, 0.15) is 12.2 Å². The number of nitrogens with one attached hydrogen (secondary N) is 1. The molecule has 1 saturated heterocycles. The van der Waals surface area contributed by atoms with Gasteiger partial charge in [-0.15, -0.1) is 0 Å². The van der Waals surface area contributed by atoms with Crippen LogP contribution in [-0.2, 0) is 14.3 Å². The highest BCUT2D eigenvalue weighted by atomic mass is 32.1. The first-order valence-corrected chi connectivity index (χ1v) is 6.81. The second-order valence-corrected chi connectivity index (χ2v) is 5.28. The molecule has 10 heteroatoms. The Morgan fingerprint density at radius 2 is 2.05 bits per heavy atom. The Balaban J connectivity index is 3.07. The third kappa shape index (κ3) is 4.05. The van der Waals surface area contributed by atoms with E-state index in [4.69, 9.17) is 9.84 Å². The molecule has 0 aromatic rings. The Morgan fingerprint density at radius 3 is 2.48 bits per heavy atom. The molecule has 6 N–H and O–H groups in total. The van der Waals surface area contributed by atoms with Crippen molar-refractivity contribution in [2.75, 3.05) is 5.75 Å². The third-order valence-electron chi connectivity index (χ3n) is 3.21. The molecule has 1 aliphatic rings. The standard InChI is InChI=1S/C11H19NO8S/c1-4(13)12-7-5(14)2-11(19,10(17)18)20-9(7)8(16)6(15)3-21/h5-9,14-16,19,21H,2-3H2,1H3,(H,12,13)(H,17,18)/t5-,6+,7+,8+,9+,11?/m0/s1. The Kier molecular flexibility index (Phi) is 5.96. The molecule has 1 aliphatic heterocycles. The summed E-state index contributed by atoms with van der Waals surface area (Å²) in [7, 11) is 0. The van der Waals surface area contributed by atoms with Crippen LogP contribution in [-0.4, -0.2) is 79.4 Å². The van der Waals surface area contributed by atoms with Crippen LogP contribution in [0.25, 0.3) is 0 Å². The molecule has 0 bridgehead atoms. The first-order valence-electron chi connectivity index (χ1n) is 6.18. The minimum absolute atomic E-state index is 0.171. The molecule has 1 heterocycles. The summed E-state index contributed by atoms with van der Waals surface area (Å²) in [6, 6.07) is -1.19. The van der Waals surface area contributed by atoms with Crippen molar-refractivity contribution in [3.63, 3.8) is 0 Å². The van der Waals surface area contributed by atoms with E-state index in [9.17, 15) is 30.0 Å². The number of amides is 1. The van der Waals surface area contributed by atoms with Crippen LogP contribution in [0.5, 0.6) is 0 Å². The molecule has 0 aliphatic carbocycles. The summed E-state index contributed by atoms with van der Waals surface area (Å²) < 4.78 is 4.94. The molecule has 6 atom stereocenters. The van der Waals surface area contributed by atoms with Crippen molar-refractivity contribution >= 4 is 24.5 Å². The lowest BCUT2D eigenvalue weighted by Gasteiger charge is -2.44. The Bertz CT molecular complexity index is 408. The molecule has 0 aromatic heterocycles. The molecule has 122 valence electrons. The summed E-state index contributed by atoms with van der Waals surface area (Å²) >= 11 is 3.79. The number of carboxylic acids is 1. The number of aliphatic hydroxyl groups excluding tert-OH is 3. The predicted octanol–water partition coefficient (Wildman–Crippen LogP) is -2.93. The van der Waals surface area contributed by atoms with Gasteiger partial charge in [-0.05, 0) is 0 Å². The third-order valence-corrected chi connectivity index (χ3v) is 3.58. The minimum atomic E-state index is -2.73. The second-order valence-electron chi connectivity index (χ2n) is 4.91. The Hall–Kier alpha value is -0.910. The van der Waals surface area contributed by atoms with Crippen molar-refractivity contribution in [1.29, 1.82) is 0 Å². The SMILES string of the molecule is CC(=O)N[C@H]1[C@H]([C@H](O)[C@H](O)CS)OC(O)(C(=O)O)C[C@@H]1O. The highest BCUT2D eigenvalue weighted by Crippen LogP contribution is 2.30. The summed E-state index contributed by atoms with van der Waals surface area (Å²) in [5, 5.41) is 50.6. The van der Waals surface area contributed by atoms with Crippen LogP contribution < -0.4 is 5.32 Å². The smallest absolute Gasteiger partial charge is 0.364 e. The zero-order chi connectivity index (χ0) is 16.4. The van der Waals surface area contributed by atoms with Crippen molar-refractivity contribution in [3.8, 4) is 0 Å². The molecule has 21 heavy (non-hydrogen) atoms. The van der Waals surface area contributed by atoms with E-state index < -0.39 is 54.5 Å². The molecular formula is C11H19NO8S. The quantitative estimate of drug-likeness (QED) is 0.265. The summed E-state index contributed by atoms with van der Waals surface area (Å²) in [4.78, 5) is 22.2. The fourth-order valence-corrected chi connectivity index (χ4v) is 2.35. The molecule has 1 amide bonds. The van der Waals surface area contributed by atoms with Crippen LogP contribution in [0.15, 0.2) is 0 Å². The summed E-state index contributed by atoms with van der Waals surface area (Å²) in [5.41, 5.74) is 0. The van der Waals surface area contributed by atoms with Gasteiger partial charge in [-0.3, -0.25) is 4.79 Å². The minimum Gasteiger partial charge on any atom is -0.477 e. The van der Waals surface area contributed by atoms with E-state index in [-0.39, 0.29) is 5.75 Å². The van der Waals surface area contributed by atoms with Crippen LogP contribution in [0.4, 0.5) is 0 Å². The molecule has 0 spiro atoms. The molecule has 1 fully saturated rings. The largest absolute Gasteiger partial charge is 0.477 e. The van der Waals surface area contributed by atoms with Crippen molar-refractivity contribution < 1.29 is 39.9 Å². The molecule has 9 nitrogen and oxygen atoms in total. The Morgan fingerprint density at radius 1 is 1.48 bits per heavy atom. The number of aliphatic carboxylic acids is 1. The summed E-state index contributed by atoms with van der Waals surface area (Å²) in [5.74, 6) is -5.20. The van der Waals surface area contributed by atoms with Crippen LogP contribution in [0, 0.1) is 0 Å². The van der Waals surface area contributed by atoms with Gasteiger partial charge in [0.2, 0.25) is 5.91 Å². The fourth-order valence-electron chi connectivity index (χ4n) is 2.14. The predicted molar refractivity (Wildman–Crippen MR) is 71.6 cm³/mol. The lowest BCUT2D eigenvalue weighted by Crippen LogP contribution is -2.67. The number of hydrogen-bond donors (Lipinski definition) is 7. The van der Waals surface area contributed by atoms with Crippen molar-refractivity contribution in [2.45, 2.75) is 49.6 Å². The number of rotatable bonds is 5.